The normalized spacial score (nSPS) is 26.0. The Balaban J connectivity index is 2.21. The molecule has 72 valence electrons. The molecule has 0 radical (unpaired) electrons. The number of carboxylic acid groups (broad SMARTS) is 1. The van der Waals surface area contributed by atoms with E-state index in [-0.39, 0.29) is 5.41 Å². The molecular formula is C11H16O2. The maximum Gasteiger partial charge on any atom is 0.331 e. The van der Waals surface area contributed by atoms with Gasteiger partial charge in [-0.25, -0.2) is 4.79 Å². The van der Waals surface area contributed by atoms with Crippen molar-refractivity contribution < 1.29 is 9.90 Å². The number of carbonyl (C=O) groups is 1. The summed E-state index contributed by atoms with van der Waals surface area (Å²) in [7, 11) is 0. The summed E-state index contributed by atoms with van der Waals surface area (Å²) in [6.45, 7) is 0. The summed E-state index contributed by atoms with van der Waals surface area (Å²) in [6, 6.07) is 0. The zero-order valence-corrected chi connectivity index (χ0v) is 7.88. The van der Waals surface area contributed by atoms with Crippen molar-refractivity contribution in [3.8, 4) is 0 Å². The highest BCUT2D eigenvalue weighted by atomic mass is 16.4. The monoisotopic (exact) mass is 180 g/mol. The second kappa shape index (κ2) is 3.17. The van der Waals surface area contributed by atoms with Gasteiger partial charge in [-0.3, -0.25) is 0 Å². The van der Waals surface area contributed by atoms with E-state index < -0.39 is 5.97 Å². The first-order chi connectivity index (χ1) is 6.22. The lowest BCUT2D eigenvalue weighted by atomic mass is 9.75. The Kier molecular flexibility index (Phi) is 2.14. The van der Waals surface area contributed by atoms with E-state index in [2.05, 4.69) is 6.08 Å². The van der Waals surface area contributed by atoms with E-state index in [0.717, 1.165) is 12.8 Å². The summed E-state index contributed by atoms with van der Waals surface area (Å²) >= 11 is 0. The standard InChI is InChI=1S/C11H16O2/c12-10(13)9-4-3-7-11(8-9)5-1-2-6-11/h8H,1-7H2,(H,12,13). The lowest BCUT2D eigenvalue weighted by molar-refractivity contribution is -0.133. The molecule has 1 spiro atoms. The van der Waals surface area contributed by atoms with Crippen LogP contribution < -0.4 is 0 Å². The average Bonchev–Trinajstić information content (AvgIpc) is 2.53. The van der Waals surface area contributed by atoms with Crippen LogP contribution in [-0.4, -0.2) is 11.1 Å². The van der Waals surface area contributed by atoms with E-state index in [9.17, 15) is 4.79 Å². The Morgan fingerprint density at radius 2 is 1.85 bits per heavy atom. The molecule has 0 saturated heterocycles. The van der Waals surface area contributed by atoms with Gasteiger partial charge in [0.1, 0.15) is 0 Å². The van der Waals surface area contributed by atoms with Crippen molar-refractivity contribution in [3.63, 3.8) is 0 Å². The van der Waals surface area contributed by atoms with Crippen LogP contribution in [-0.2, 0) is 4.79 Å². The highest BCUT2D eigenvalue weighted by molar-refractivity contribution is 5.86. The van der Waals surface area contributed by atoms with Gasteiger partial charge < -0.3 is 5.11 Å². The highest BCUT2D eigenvalue weighted by Gasteiger charge is 2.34. The summed E-state index contributed by atoms with van der Waals surface area (Å²) < 4.78 is 0. The van der Waals surface area contributed by atoms with Gasteiger partial charge in [0.25, 0.3) is 0 Å². The molecule has 0 bridgehead atoms. The third-order valence-electron chi connectivity index (χ3n) is 3.48. The van der Waals surface area contributed by atoms with Gasteiger partial charge in [0.05, 0.1) is 0 Å². The van der Waals surface area contributed by atoms with Crippen LogP contribution in [0.25, 0.3) is 0 Å². The van der Waals surface area contributed by atoms with E-state index in [4.69, 9.17) is 5.11 Å². The predicted octanol–water partition coefficient (Wildman–Crippen LogP) is 2.74. The Morgan fingerprint density at radius 3 is 2.46 bits per heavy atom. The fourth-order valence-electron chi connectivity index (χ4n) is 2.79. The fourth-order valence-corrected chi connectivity index (χ4v) is 2.79. The van der Waals surface area contributed by atoms with Gasteiger partial charge in [-0.05, 0) is 37.5 Å². The Bertz CT molecular complexity index is 247. The lowest BCUT2D eigenvalue weighted by Gasteiger charge is -2.29. The SMILES string of the molecule is O=C(O)C1=CC2(CCCC2)CCC1. The van der Waals surface area contributed by atoms with Gasteiger partial charge in [-0.2, -0.15) is 0 Å². The molecule has 0 aromatic heterocycles. The molecule has 2 aliphatic carbocycles. The number of allylic oxidation sites excluding steroid dienone is 1. The minimum atomic E-state index is -0.703. The molecule has 0 heterocycles. The Morgan fingerprint density at radius 1 is 1.23 bits per heavy atom. The Labute approximate surface area is 78.6 Å². The van der Waals surface area contributed by atoms with Gasteiger partial charge in [-0.15, -0.1) is 0 Å². The van der Waals surface area contributed by atoms with Crippen molar-refractivity contribution in [3.05, 3.63) is 11.6 Å². The molecule has 1 fully saturated rings. The van der Waals surface area contributed by atoms with Crippen molar-refractivity contribution in [2.45, 2.75) is 44.9 Å². The van der Waals surface area contributed by atoms with E-state index >= 15 is 0 Å². The maximum absolute atomic E-state index is 10.8. The first-order valence-corrected chi connectivity index (χ1v) is 5.17. The molecule has 0 aliphatic heterocycles. The van der Waals surface area contributed by atoms with Crippen LogP contribution in [0.2, 0.25) is 0 Å². The van der Waals surface area contributed by atoms with Gasteiger partial charge in [-0.1, -0.05) is 18.9 Å². The number of hydrogen-bond acceptors (Lipinski definition) is 1. The van der Waals surface area contributed by atoms with E-state index in [0.29, 0.717) is 5.57 Å². The predicted molar refractivity (Wildman–Crippen MR) is 50.5 cm³/mol. The minimum absolute atomic E-state index is 0.284. The van der Waals surface area contributed by atoms with Gasteiger partial charge >= 0.3 is 5.97 Å². The third-order valence-corrected chi connectivity index (χ3v) is 3.48. The van der Waals surface area contributed by atoms with Crippen LogP contribution in [0.5, 0.6) is 0 Å². The van der Waals surface area contributed by atoms with Crippen LogP contribution in [0.1, 0.15) is 44.9 Å². The second-order valence-electron chi connectivity index (χ2n) is 4.40. The molecule has 1 N–H and O–H groups in total. The number of carboxylic acids is 1. The van der Waals surface area contributed by atoms with Crippen molar-refractivity contribution in [1.29, 1.82) is 0 Å². The summed E-state index contributed by atoms with van der Waals surface area (Å²) in [5, 5.41) is 8.91. The van der Waals surface area contributed by atoms with Crippen LogP contribution in [0.3, 0.4) is 0 Å². The van der Waals surface area contributed by atoms with E-state index in [1.807, 2.05) is 0 Å². The highest BCUT2D eigenvalue weighted by Crippen LogP contribution is 2.47. The largest absolute Gasteiger partial charge is 0.478 e. The van der Waals surface area contributed by atoms with E-state index in [1.165, 1.54) is 32.1 Å². The summed E-state index contributed by atoms with van der Waals surface area (Å²) in [5.74, 6) is -0.703. The van der Waals surface area contributed by atoms with Crippen molar-refractivity contribution >= 4 is 5.97 Å². The van der Waals surface area contributed by atoms with E-state index in [1.54, 1.807) is 0 Å². The maximum atomic E-state index is 10.8. The zero-order chi connectivity index (χ0) is 9.31. The van der Waals surface area contributed by atoms with Crippen molar-refractivity contribution in [2.75, 3.05) is 0 Å². The molecule has 13 heavy (non-hydrogen) atoms. The summed E-state index contributed by atoms with van der Waals surface area (Å²) in [4.78, 5) is 10.8. The van der Waals surface area contributed by atoms with Crippen LogP contribution in [0.15, 0.2) is 11.6 Å². The molecule has 1 saturated carbocycles. The number of aliphatic carboxylic acids is 1. The van der Waals surface area contributed by atoms with Crippen LogP contribution >= 0.6 is 0 Å². The smallest absolute Gasteiger partial charge is 0.331 e. The first kappa shape index (κ1) is 8.79. The number of hydrogen-bond donors (Lipinski definition) is 1. The molecule has 2 rings (SSSR count). The minimum Gasteiger partial charge on any atom is -0.478 e. The summed E-state index contributed by atoms with van der Waals surface area (Å²) in [6.07, 6.45) is 10.1. The molecule has 0 atom stereocenters. The third kappa shape index (κ3) is 1.62. The van der Waals surface area contributed by atoms with Crippen LogP contribution in [0, 0.1) is 5.41 Å². The van der Waals surface area contributed by atoms with Gasteiger partial charge in [0.2, 0.25) is 0 Å². The van der Waals surface area contributed by atoms with Crippen molar-refractivity contribution in [1.82, 2.24) is 0 Å². The zero-order valence-electron chi connectivity index (χ0n) is 7.88. The second-order valence-corrected chi connectivity index (χ2v) is 4.40. The summed E-state index contributed by atoms with van der Waals surface area (Å²) in [5.41, 5.74) is 0.944. The fraction of sp³-hybridized carbons (Fsp3) is 0.727. The number of rotatable bonds is 1. The Hall–Kier alpha value is -0.790. The first-order valence-electron chi connectivity index (χ1n) is 5.17. The molecule has 0 unspecified atom stereocenters. The topological polar surface area (TPSA) is 37.3 Å². The van der Waals surface area contributed by atoms with Gasteiger partial charge in [0.15, 0.2) is 0 Å². The molecule has 2 aliphatic rings. The van der Waals surface area contributed by atoms with Gasteiger partial charge in [0, 0.05) is 5.57 Å². The average molecular weight is 180 g/mol. The quantitative estimate of drug-likeness (QED) is 0.673. The molecule has 2 heteroatoms. The molecule has 0 aromatic rings. The lowest BCUT2D eigenvalue weighted by Crippen LogP contribution is -2.20. The van der Waals surface area contributed by atoms with Crippen molar-refractivity contribution in [2.24, 2.45) is 5.41 Å². The molecule has 2 nitrogen and oxygen atoms in total. The molecular weight excluding hydrogens is 164 g/mol. The molecule has 0 aromatic carbocycles. The van der Waals surface area contributed by atoms with Crippen LogP contribution in [0.4, 0.5) is 0 Å². The molecule has 0 amide bonds.